The predicted molar refractivity (Wildman–Crippen MR) is 32.9 cm³/mol. The number of hydrogen-bond donors (Lipinski definition) is 1. The maximum absolute atomic E-state index is 10.3. The van der Waals surface area contributed by atoms with Crippen LogP contribution in [0.2, 0.25) is 0 Å². The van der Waals surface area contributed by atoms with Crippen molar-refractivity contribution in [3.05, 3.63) is 16.4 Å². The molecule has 1 aromatic heterocycles. The van der Waals surface area contributed by atoms with Crippen molar-refractivity contribution in [2.75, 3.05) is 0 Å². The average Bonchev–Trinajstić information content (AvgIpc) is 2.14. The molecule has 0 aliphatic heterocycles. The van der Waals surface area contributed by atoms with Gasteiger partial charge >= 0.3 is 5.76 Å². The molecule has 0 aromatic carbocycles. The van der Waals surface area contributed by atoms with Gasteiger partial charge in [-0.25, -0.2) is 4.79 Å². The van der Waals surface area contributed by atoms with Gasteiger partial charge in [-0.05, 0) is 0 Å². The molecule has 1 heterocycles. The Hall–Kier alpha value is -0.710. The molecule has 1 atom stereocenters. The zero-order chi connectivity index (χ0) is 6.85. The summed E-state index contributed by atoms with van der Waals surface area (Å²) < 4.78 is 4.20. The maximum atomic E-state index is 10.3. The SMILES string of the molecule is CC([S-])c1noc(=O)[nH]1. The molecule has 9 heavy (non-hydrogen) atoms. The van der Waals surface area contributed by atoms with Crippen LogP contribution in [-0.2, 0) is 12.6 Å². The Morgan fingerprint density at radius 2 is 2.56 bits per heavy atom. The molecule has 0 saturated carbocycles. The van der Waals surface area contributed by atoms with Crippen molar-refractivity contribution in [3.8, 4) is 0 Å². The second kappa shape index (κ2) is 2.26. The lowest BCUT2D eigenvalue weighted by Crippen LogP contribution is -1.98. The van der Waals surface area contributed by atoms with Crippen molar-refractivity contribution < 1.29 is 4.52 Å². The van der Waals surface area contributed by atoms with Crippen LogP contribution >= 0.6 is 0 Å². The van der Waals surface area contributed by atoms with Gasteiger partial charge < -0.3 is 12.6 Å². The quantitative estimate of drug-likeness (QED) is 0.564. The predicted octanol–water partition coefficient (Wildman–Crippen LogP) is -0.0292. The van der Waals surface area contributed by atoms with Crippen molar-refractivity contribution in [3.63, 3.8) is 0 Å². The van der Waals surface area contributed by atoms with Crippen LogP contribution in [0.25, 0.3) is 0 Å². The van der Waals surface area contributed by atoms with Crippen molar-refractivity contribution in [2.24, 2.45) is 0 Å². The topological polar surface area (TPSA) is 58.9 Å². The summed E-state index contributed by atoms with van der Waals surface area (Å²) in [5, 5.41) is 3.17. The van der Waals surface area contributed by atoms with Gasteiger partial charge in [-0.1, -0.05) is 12.1 Å². The Morgan fingerprint density at radius 1 is 1.89 bits per heavy atom. The Kier molecular flexibility index (Phi) is 1.61. The molecule has 5 heteroatoms. The Morgan fingerprint density at radius 3 is 2.78 bits per heavy atom. The first-order valence-electron chi connectivity index (χ1n) is 2.42. The summed E-state index contributed by atoms with van der Waals surface area (Å²) in [5.74, 6) is -0.142. The van der Waals surface area contributed by atoms with Gasteiger partial charge in [0.15, 0.2) is 0 Å². The van der Waals surface area contributed by atoms with Crippen molar-refractivity contribution in [2.45, 2.75) is 12.2 Å². The zero-order valence-corrected chi connectivity index (χ0v) is 5.57. The van der Waals surface area contributed by atoms with E-state index in [0.717, 1.165) is 0 Å². The van der Waals surface area contributed by atoms with Gasteiger partial charge in [-0.15, -0.1) is 5.25 Å². The zero-order valence-electron chi connectivity index (χ0n) is 4.75. The normalized spacial score (nSPS) is 13.6. The molecule has 1 aromatic rings. The van der Waals surface area contributed by atoms with Crippen LogP contribution in [0, 0.1) is 0 Å². The van der Waals surface area contributed by atoms with Crippen molar-refractivity contribution >= 4 is 12.6 Å². The summed E-state index contributed by atoms with van der Waals surface area (Å²) >= 11 is 4.77. The highest BCUT2D eigenvalue weighted by molar-refractivity contribution is 7.59. The molecule has 1 unspecified atom stereocenters. The van der Waals surface area contributed by atoms with E-state index in [-0.39, 0.29) is 5.25 Å². The van der Waals surface area contributed by atoms with E-state index < -0.39 is 5.76 Å². The highest BCUT2D eigenvalue weighted by Gasteiger charge is 1.96. The monoisotopic (exact) mass is 145 g/mol. The number of rotatable bonds is 1. The van der Waals surface area contributed by atoms with E-state index in [1.54, 1.807) is 6.92 Å². The van der Waals surface area contributed by atoms with E-state index in [1.165, 1.54) is 0 Å². The van der Waals surface area contributed by atoms with E-state index in [1.807, 2.05) is 0 Å². The summed E-state index contributed by atoms with van der Waals surface area (Å²) in [7, 11) is 0. The van der Waals surface area contributed by atoms with Crippen molar-refractivity contribution in [1.29, 1.82) is 0 Å². The number of nitrogens with one attached hydrogen (secondary N) is 1. The van der Waals surface area contributed by atoms with Crippen LogP contribution in [0.1, 0.15) is 18.0 Å². The standard InChI is InChI=1S/C4H6N2O2S/c1-2(9)3-5-4(7)8-6-3/h2,9H,1H3,(H,5,6,7)/p-1. The highest BCUT2D eigenvalue weighted by atomic mass is 32.1. The van der Waals surface area contributed by atoms with E-state index in [0.29, 0.717) is 5.82 Å². The molecule has 0 spiro atoms. The molecule has 0 aliphatic carbocycles. The number of H-pyrrole nitrogens is 1. The van der Waals surface area contributed by atoms with Crippen LogP contribution in [0.3, 0.4) is 0 Å². The van der Waals surface area contributed by atoms with Gasteiger partial charge in [0.2, 0.25) is 0 Å². The number of aromatic nitrogens is 2. The average molecular weight is 145 g/mol. The lowest BCUT2D eigenvalue weighted by Gasteiger charge is -2.08. The number of aromatic amines is 1. The lowest BCUT2D eigenvalue weighted by molar-refractivity contribution is 0.381. The molecule has 0 bridgehead atoms. The molecule has 1 N–H and O–H groups in total. The van der Waals surface area contributed by atoms with Gasteiger partial charge in [-0.2, -0.15) is 0 Å². The molecule has 0 fully saturated rings. The van der Waals surface area contributed by atoms with E-state index in [2.05, 4.69) is 14.7 Å². The third-order valence-electron chi connectivity index (χ3n) is 0.842. The fourth-order valence-electron chi connectivity index (χ4n) is 0.417. The van der Waals surface area contributed by atoms with Crippen LogP contribution in [0.4, 0.5) is 0 Å². The molecule has 0 aliphatic rings. The van der Waals surface area contributed by atoms with Gasteiger partial charge in [0.05, 0.1) is 0 Å². The smallest absolute Gasteiger partial charge is 0.438 e. The summed E-state index contributed by atoms with van der Waals surface area (Å²) in [6.45, 7) is 1.74. The molecule has 0 radical (unpaired) electrons. The minimum atomic E-state index is -0.554. The molecule has 50 valence electrons. The van der Waals surface area contributed by atoms with E-state index >= 15 is 0 Å². The largest absolute Gasteiger partial charge is 0.782 e. The molecular formula is C4H5N2O2S-. The number of nitrogens with zero attached hydrogens (tertiary/aromatic N) is 1. The Labute approximate surface area is 56.7 Å². The van der Waals surface area contributed by atoms with Gasteiger partial charge in [0, 0.05) is 0 Å². The fraction of sp³-hybridized carbons (Fsp3) is 0.500. The molecular weight excluding hydrogens is 140 g/mol. The van der Waals surface area contributed by atoms with Crippen molar-refractivity contribution in [1.82, 2.24) is 10.1 Å². The Bertz CT molecular complexity index is 239. The molecule has 0 amide bonds. The van der Waals surface area contributed by atoms with Crippen LogP contribution in [0.15, 0.2) is 9.32 Å². The minimum Gasteiger partial charge on any atom is -0.782 e. The third kappa shape index (κ3) is 1.35. The summed E-state index contributed by atoms with van der Waals surface area (Å²) in [4.78, 5) is 12.6. The summed E-state index contributed by atoms with van der Waals surface area (Å²) in [6, 6.07) is 0. The van der Waals surface area contributed by atoms with Crippen LogP contribution in [0.5, 0.6) is 0 Å². The first-order valence-corrected chi connectivity index (χ1v) is 2.89. The first kappa shape index (κ1) is 6.41. The van der Waals surface area contributed by atoms with E-state index in [4.69, 9.17) is 12.6 Å². The van der Waals surface area contributed by atoms with Gasteiger partial charge in [-0.3, -0.25) is 9.51 Å². The van der Waals surface area contributed by atoms with Crippen LogP contribution in [-0.4, -0.2) is 10.1 Å². The van der Waals surface area contributed by atoms with E-state index in [9.17, 15) is 4.79 Å². The van der Waals surface area contributed by atoms with Gasteiger partial charge in [0.25, 0.3) is 0 Å². The second-order valence-electron chi connectivity index (χ2n) is 1.62. The summed E-state index contributed by atoms with van der Waals surface area (Å²) in [6.07, 6.45) is 0. The Balaban J connectivity index is 2.98. The fourth-order valence-corrected chi connectivity index (χ4v) is 0.519. The molecule has 0 saturated heterocycles. The first-order chi connectivity index (χ1) is 4.20. The molecule has 4 nitrogen and oxygen atoms in total. The number of hydrogen-bond acceptors (Lipinski definition) is 4. The second-order valence-corrected chi connectivity index (χ2v) is 2.33. The van der Waals surface area contributed by atoms with Crippen LogP contribution < -0.4 is 5.76 Å². The lowest BCUT2D eigenvalue weighted by atomic mass is 10.5. The summed E-state index contributed by atoms with van der Waals surface area (Å²) in [5.41, 5.74) is 0. The third-order valence-corrected chi connectivity index (χ3v) is 1.07. The molecule has 1 rings (SSSR count). The minimum absolute atomic E-state index is 0.198. The van der Waals surface area contributed by atoms with Gasteiger partial charge in [0.1, 0.15) is 5.82 Å². The maximum Gasteiger partial charge on any atom is 0.438 e. The highest BCUT2D eigenvalue weighted by Crippen LogP contribution is 2.02.